The van der Waals surface area contributed by atoms with Gasteiger partial charge in [0.2, 0.25) is 5.91 Å². The maximum atomic E-state index is 12.4. The van der Waals surface area contributed by atoms with Gasteiger partial charge in [0.15, 0.2) is 0 Å². The van der Waals surface area contributed by atoms with Crippen molar-refractivity contribution in [2.45, 2.75) is 38.6 Å². The molecular formula is C27H33ClIN5O2. The van der Waals surface area contributed by atoms with Gasteiger partial charge in [-0.05, 0) is 78.0 Å². The van der Waals surface area contributed by atoms with Gasteiger partial charge in [0, 0.05) is 65.1 Å². The zero-order valence-corrected chi connectivity index (χ0v) is 23.4. The molecule has 2 aromatic heterocycles. The number of carbonyl (C=O) groups is 1. The molecule has 0 unspecified atom stereocenters. The second kappa shape index (κ2) is 11.7. The van der Waals surface area contributed by atoms with Crippen LogP contribution in [0.3, 0.4) is 0 Å². The number of benzene rings is 1. The van der Waals surface area contributed by atoms with Crippen molar-refractivity contribution in [3.8, 4) is 11.1 Å². The van der Waals surface area contributed by atoms with Crippen molar-refractivity contribution in [2.24, 2.45) is 11.7 Å². The highest BCUT2D eigenvalue weighted by molar-refractivity contribution is 14.1. The van der Waals surface area contributed by atoms with E-state index in [1.54, 1.807) is 0 Å². The number of imidazole rings is 1. The van der Waals surface area contributed by atoms with Gasteiger partial charge in [-0.3, -0.25) is 9.20 Å². The fourth-order valence-corrected chi connectivity index (χ4v) is 6.32. The van der Waals surface area contributed by atoms with Gasteiger partial charge in [0.25, 0.3) is 0 Å². The van der Waals surface area contributed by atoms with Crippen LogP contribution in [-0.2, 0) is 16.1 Å². The number of anilines is 1. The lowest BCUT2D eigenvalue weighted by Crippen LogP contribution is -2.40. The zero-order valence-electron chi connectivity index (χ0n) is 20.5. The number of nitrogens with zero attached hydrogens (tertiary/aromatic N) is 4. The van der Waals surface area contributed by atoms with E-state index in [4.69, 9.17) is 22.1 Å². The molecule has 9 heteroatoms. The monoisotopic (exact) mass is 621 g/mol. The van der Waals surface area contributed by atoms with E-state index in [0.29, 0.717) is 32.1 Å². The average Bonchev–Trinajstić information content (AvgIpc) is 3.31. The number of aromatic nitrogens is 2. The Balaban J connectivity index is 1.24. The van der Waals surface area contributed by atoms with Crippen LogP contribution in [0.15, 0.2) is 36.7 Å². The van der Waals surface area contributed by atoms with Crippen LogP contribution in [-0.4, -0.2) is 59.6 Å². The molecule has 2 aliphatic rings. The number of hydrogen-bond acceptors (Lipinski definition) is 5. The van der Waals surface area contributed by atoms with E-state index in [2.05, 4.69) is 61.3 Å². The van der Waals surface area contributed by atoms with E-state index in [9.17, 15) is 4.79 Å². The van der Waals surface area contributed by atoms with Crippen molar-refractivity contribution in [1.82, 2.24) is 14.3 Å². The molecule has 3 aromatic rings. The summed E-state index contributed by atoms with van der Waals surface area (Å²) < 4.78 is 8.63. The largest absolute Gasteiger partial charge is 0.378 e. The summed E-state index contributed by atoms with van der Waals surface area (Å²) in [5, 5.41) is 0.727. The summed E-state index contributed by atoms with van der Waals surface area (Å²) in [5.41, 5.74) is 10.1. The van der Waals surface area contributed by atoms with Crippen molar-refractivity contribution in [1.29, 1.82) is 0 Å². The number of ether oxygens (including phenoxy) is 1. The number of nitrogens with two attached hydrogens (primary N) is 1. The second-order valence-electron chi connectivity index (χ2n) is 9.70. The molecule has 0 saturated carbocycles. The normalized spacial score (nSPS) is 17.2. The molecule has 1 aromatic carbocycles. The maximum absolute atomic E-state index is 12.4. The SMILES string of the molecule is NCc1cc2ncc(N3CCC(CCCC(=O)N4CCOCC4)CC3)n2cc1-c1ccc(I)cc1Cl. The minimum atomic E-state index is 0.280. The predicted octanol–water partition coefficient (Wildman–Crippen LogP) is 4.96. The van der Waals surface area contributed by atoms with Crippen LogP contribution in [0.4, 0.5) is 5.82 Å². The van der Waals surface area contributed by atoms with E-state index >= 15 is 0 Å². The molecule has 2 fully saturated rings. The van der Waals surface area contributed by atoms with Crippen LogP contribution >= 0.6 is 34.2 Å². The molecule has 0 bridgehead atoms. The Kier molecular flexibility index (Phi) is 8.35. The summed E-state index contributed by atoms with van der Waals surface area (Å²) in [6.45, 7) is 5.22. The molecule has 0 aliphatic carbocycles. The summed E-state index contributed by atoms with van der Waals surface area (Å²) >= 11 is 8.89. The molecular weight excluding hydrogens is 589 g/mol. The summed E-state index contributed by atoms with van der Waals surface area (Å²) in [4.78, 5) is 21.5. The Labute approximate surface area is 231 Å². The molecule has 192 valence electrons. The van der Waals surface area contributed by atoms with Crippen LogP contribution in [0.2, 0.25) is 5.02 Å². The van der Waals surface area contributed by atoms with Crippen LogP contribution in [0.5, 0.6) is 0 Å². The van der Waals surface area contributed by atoms with Gasteiger partial charge < -0.3 is 20.3 Å². The second-order valence-corrected chi connectivity index (χ2v) is 11.4. The number of amides is 1. The summed E-state index contributed by atoms with van der Waals surface area (Å²) in [7, 11) is 0. The third-order valence-electron chi connectivity index (χ3n) is 7.46. The van der Waals surface area contributed by atoms with Crippen LogP contribution < -0.4 is 10.6 Å². The first-order valence-corrected chi connectivity index (χ1v) is 14.2. The van der Waals surface area contributed by atoms with E-state index in [0.717, 1.165) is 88.6 Å². The van der Waals surface area contributed by atoms with Gasteiger partial charge in [-0.1, -0.05) is 17.7 Å². The van der Waals surface area contributed by atoms with Crippen molar-refractivity contribution >= 4 is 51.6 Å². The lowest BCUT2D eigenvalue weighted by atomic mass is 9.91. The zero-order chi connectivity index (χ0) is 25.1. The Morgan fingerprint density at radius 1 is 1.14 bits per heavy atom. The molecule has 4 heterocycles. The highest BCUT2D eigenvalue weighted by Crippen LogP contribution is 2.34. The topological polar surface area (TPSA) is 76.1 Å². The fourth-order valence-electron chi connectivity index (χ4n) is 5.37. The Morgan fingerprint density at radius 2 is 1.92 bits per heavy atom. The van der Waals surface area contributed by atoms with Crippen molar-refractivity contribution in [3.63, 3.8) is 0 Å². The van der Waals surface area contributed by atoms with E-state index in [1.807, 2.05) is 17.2 Å². The number of carbonyl (C=O) groups excluding carboxylic acids is 1. The number of morpholine rings is 1. The van der Waals surface area contributed by atoms with Gasteiger partial charge >= 0.3 is 0 Å². The number of fused-ring (bicyclic) bond motifs is 1. The van der Waals surface area contributed by atoms with Crippen LogP contribution in [0.1, 0.15) is 37.7 Å². The molecule has 5 rings (SSSR count). The number of piperidine rings is 1. The summed E-state index contributed by atoms with van der Waals surface area (Å²) in [5.74, 6) is 2.06. The molecule has 0 atom stereocenters. The Morgan fingerprint density at radius 3 is 2.64 bits per heavy atom. The van der Waals surface area contributed by atoms with E-state index in [1.165, 1.54) is 0 Å². The molecule has 0 spiro atoms. The summed E-state index contributed by atoms with van der Waals surface area (Å²) in [6.07, 6.45) is 9.12. The molecule has 2 N–H and O–H groups in total. The minimum absolute atomic E-state index is 0.280. The van der Waals surface area contributed by atoms with E-state index in [-0.39, 0.29) is 5.91 Å². The number of hydrogen-bond donors (Lipinski definition) is 1. The molecule has 0 radical (unpaired) electrons. The summed E-state index contributed by atoms with van der Waals surface area (Å²) in [6, 6.07) is 8.19. The lowest BCUT2D eigenvalue weighted by molar-refractivity contribution is -0.135. The lowest BCUT2D eigenvalue weighted by Gasteiger charge is -2.33. The average molecular weight is 622 g/mol. The quantitative estimate of drug-likeness (QED) is 0.378. The highest BCUT2D eigenvalue weighted by atomic mass is 127. The van der Waals surface area contributed by atoms with Gasteiger partial charge in [0.1, 0.15) is 11.5 Å². The molecule has 1 amide bonds. The van der Waals surface area contributed by atoms with Gasteiger partial charge in [-0.15, -0.1) is 0 Å². The van der Waals surface area contributed by atoms with Gasteiger partial charge in [-0.2, -0.15) is 0 Å². The van der Waals surface area contributed by atoms with Crippen LogP contribution in [0.25, 0.3) is 16.8 Å². The molecule has 7 nitrogen and oxygen atoms in total. The van der Waals surface area contributed by atoms with E-state index < -0.39 is 0 Å². The predicted molar refractivity (Wildman–Crippen MR) is 152 cm³/mol. The van der Waals surface area contributed by atoms with Crippen molar-refractivity contribution in [3.05, 3.63) is 50.8 Å². The highest BCUT2D eigenvalue weighted by Gasteiger charge is 2.23. The van der Waals surface area contributed by atoms with Crippen molar-refractivity contribution < 1.29 is 9.53 Å². The molecule has 2 aliphatic heterocycles. The third kappa shape index (κ3) is 5.66. The minimum Gasteiger partial charge on any atom is -0.378 e. The third-order valence-corrected chi connectivity index (χ3v) is 8.44. The van der Waals surface area contributed by atoms with Crippen molar-refractivity contribution in [2.75, 3.05) is 44.3 Å². The molecule has 36 heavy (non-hydrogen) atoms. The Bertz CT molecular complexity index is 1220. The number of rotatable bonds is 7. The Hall–Kier alpha value is -1.88. The number of halogens is 2. The smallest absolute Gasteiger partial charge is 0.222 e. The van der Waals surface area contributed by atoms with Crippen LogP contribution in [0, 0.1) is 9.49 Å². The van der Waals surface area contributed by atoms with Gasteiger partial charge in [-0.25, -0.2) is 4.98 Å². The molecule has 2 saturated heterocycles. The number of pyridine rings is 1. The first-order valence-electron chi connectivity index (χ1n) is 12.8. The first-order chi connectivity index (χ1) is 17.5. The fraction of sp³-hybridized carbons (Fsp3) is 0.481. The standard InChI is InChI=1S/C27H33ClIN5O2/c28-24-15-21(29)4-5-22(24)23-18-34-25(14-20(23)16-30)31-17-26(34)32-8-6-19(7-9-32)2-1-3-27(35)33-10-12-36-13-11-33/h4-5,14-15,17-19H,1-3,6-13,16,30H2. The van der Waals surface area contributed by atoms with Gasteiger partial charge in [0.05, 0.1) is 19.4 Å². The maximum Gasteiger partial charge on any atom is 0.222 e. The first kappa shape index (κ1) is 25.8.